The number of aliphatic carboxylic acids is 1. The molecule has 3 fully saturated rings. The van der Waals surface area contributed by atoms with Crippen molar-refractivity contribution in [2.24, 2.45) is 17.6 Å². The topological polar surface area (TPSA) is 248 Å². The van der Waals surface area contributed by atoms with Gasteiger partial charge in [-0.1, -0.05) is 48.6 Å². The number of carbonyl (C=O) groups is 3. The van der Waals surface area contributed by atoms with Crippen molar-refractivity contribution in [1.82, 2.24) is 5.32 Å². The molecule has 3 aliphatic rings. The number of aryl methyl sites for hydroxylation is 1. The standard InChI is InChI=1S/C45H54N2O13/c1-47-27-45-39-15-16-43(60-45,40(54)14-11-31-20-34(50)35(51)21-32(31)24-48)22-30(8-7-28-5-3-2-4-6-28)25-58-41(45)37(53)23-44(39,42(55)56)59-26-33(49)12-9-29-10-13-38(36(52)19-29)57-18-17-46/h2-6,9-14,19-21,30,37,39,41,47-48,50-53H,7-8,15-18,22-27,46H2,1H3,(H,55,56)/b12-9+,14-11+/t30-,37-,39-,41-,43+,44+,45-/m1/s1. The van der Waals surface area contributed by atoms with Crippen molar-refractivity contribution in [3.05, 3.63) is 95.1 Å². The van der Waals surface area contributed by atoms with Crippen LogP contribution in [-0.4, -0.2) is 117 Å². The van der Waals surface area contributed by atoms with Gasteiger partial charge in [-0.05, 0) is 104 Å². The molecule has 2 saturated heterocycles. The molecule has 2 aliphatic heterocycles. The number of hydrogen-bond acceptors (Lipinski definition) is 14. The van der Waals surface area contributed by atoms with Gasteiger partial charge in [0.05, 0.1) is 19.3 Å². The minimum Gasteiger partial charge on any atom is -0.504 e. The van der Waals surface area contributed by atoms with Gasteiger partial charge in [-0.3, -0.25) is 9.59 Å². The lowest BCUT2D eigenvalue weighted by Gasteiger charge is -2.63. The molecule has 9 N–H and O–H groups in total. The second kappa shape index (κ2) is 19.1. The lowest BCUT2D eigenvalue weighted by Crippen LogP contribution is -2.78. The van der Waals surface area contributed by atoms with Crippen LogP contribution in [0.3, 0.4) is 0 Å². The molecular weight excluding hydrogens is 776 g/mol. The van der Waals surface area contributed by atoms with Crippen LogP contribution in [0.15, 0.2) is 72.8 Å². The first-order valence-corrected chi connectivity index (χ1v) is 20.1. The van der Waals surface area contributed by atoms with Crippen LogP contribution in [0.2, 0.25) is 0 Å². The normalized spacial score (nSPS) is 27.7. The molecule has 15 heteroatoms. The SMILES string of the molecule is CNC[C@@]12O[C@@]3(C(=O)/C=C/c4cc(O)c(O)cc4CO)CC[C@@H]1[C@](OCC(=O)/C=C/c1ccc(OCCN)c(O)c1)(C(=O)O)C[C@@H](O)[C@H]2OC[C@H](CCc1ccccc1)C3. The van der Waals surface area contributed by atoms with Crippen LogP contribution in [0, 0.1) is 11.8 Å². The Morgan fingerprint density at radius 3 is 2.45 bits per heavy atom. The third-order valence-electron chi connectivity index (χ3n) is 11.9. The summed E-state index contributed by atoms with van der Waals surface area (Å²) in [5, 5.41) is 66.5. The zero-order chi connectivity index (χ0) is 43.1. The summed E-state index contributed by atoms with van der Waals surface area (Å²) in [6.45, 7) is -0.599. The Morgan fingerprint density at radius 1 is 0.983 bits per heavy atom. The maximum atomic E-state index is 14.7. The maximum absolute atomic E-state index is 14.7. The quantitative estimate of drug-likeness (QED) is 0.0677. The lowest BCUT2D eigenvalue weighted by atomic mass is 9.58. The van der Waals surface area contributed by atoms with E-state index in [1.54, 1.807) is 13.1 Å². The number of rotatable bonds is 18. The monoisotopic (exact) mass is 830 g/mol. The molecule has 0 spiro atoms. The second-order valence-electron chi connectivity index (χ2n) is 15.8. The van der Waals surface area contributed by atoms with Crippen molar-refractivity contribution in [3.8, 4) is 23.0 Å². The first-order chi connectivity index (χ1) is 28.8. The molecule has 7 atom stereocenters. The number of carboxylic acids is 1. The Morgan fingerprint density at radius 2 is 1.75 bits per heavy atom. The number of likely N-dealkylation sites (N-methyl/N-ethyl adjacent to an activating group) is 1. The van der Waals surface area contributed by atoms with Crippen molar-refractivity contribution in [1.29, 1.82) is 0 Å². The van der Waals surface area contributed by atoms with Gasteiger partial charge >= 0.3 is 5.97 Å². The third-order valence-corrected chi connectivity index (χ3v) is 11.9. The first kappa shape index (κ1) is 44.4. The number of carboxylic acid groups (broad SMARTS) is 1. The highest BCUT2D eigenvalue weighted by Crippen LogP contribution is 2.56. The molecule has 3 aromatic carbocycles. The van der Waals surface area contributed by atoms with Gasteiger partial charge in [0.2, 0.25) is 0 Å². The fourth-order valence-corrected chi connectivity index (χ4v) is 9.12. The largest absolute Gasteiger partial charge is 0.504 e. The highest BCUT2D eigenvalue weighted by atomic mass is 16.6. The van der Waals surface area contributed by atoms with Crippen LogP contribution in [-0.2, 0) is 41.6 Å². The van der Waals surface area contributed by atoms with E-state index in [9.17, 15) is 45.0 Å². The Bertz CT molecular complexity index is 2070. The number of hydrogen-bond donors (Lipinski definition) is 8. The van der Waals surface area contributed by atoms with E-state index in [0.29, 0.717) is 24.0 Å². The number of phenols is 3. The van der Waals surface area contributed by atoms with Crippen LogP contribution < -0.4 is 15.8 Å². The molecule has 0 aromatic heterocycles. The molecule has 1 aliphatic carbocycles. The molecule has 60 heavy (non-hydrogen) atoms. The van der Waals surface area contributed by atoms with Gasteiger partial charge in [0.1, 0.15) is 30.5 Å². The molecule has 0 unspecified atom stereocenters. The third kappa shape index (κ3) is 9.27. The molecule has 0 radical (unpaired) electrons. The molecule has 1 saturated carbocycles. The van der Waals surface area contributed by atoms with Crippen LogP contribution >= 0.6 is 0 Å². The average Bonchev–Trinajstić information content (AvgIpc) is 3.23. The first-order valence-electron chi connectivity index (χ1n) is 20.1. The van der Waals surface area contributed by atoms with Crippen molar-refractivity contribution in [2.75, 3.05) is 40.0 Å². The van der Waals surface area contributed by atoms with Crippen LogP contribution in [0.4, 0.5) is 0 Å². The van der Waals surface area contributed by atoms with Crippen LogP contribution in [0.25, 0.3) is 12.2 Å². The fraction of sp³-hybridized carbons (Fsp3) is 0.444. The summed E-state index contributed by atoms with van der Waals surface area (Å²) in [5.41, 5.74) is 2.26. The number of ether oxygens (including phenoxy) is 4. The molecule has 2 heterocycles. The van der Waals surface area contributed by atoms with Crippen molar-refractivity contribution >= 4 is 29.7 Å². The van der Waals surface area contributed by atoms with Crippen LogP contribution in [0.5, 0.6) is 23.0 Å². The number of carbonyl (C=O) groups excluding carboxylic acids is 2. The van der Waals surface area contributed by atoms with Gasteiger partial charge in [0.15, 0.2) is 40.2 Å². The Kier molecular flexibility index (Phi) is 14.1. The summed E-state index contributed by atoms with van der Waals surface area (Å²) in [7, 11) is 1.64. The number of benzene rings is 3. The Hall–Kier alpha value is -5.13. The number of fused-ring (bicyclic) bond motifs is 1. The molecule has 15 nitrogen and oxygen atoms in total. The zero-order valence-corrected chi connectivity index (χ0v) is 33.5. The fourth-order valence-electron chi connectivity index (χ4n) is 9.12. The summed E-state index contributed by atoms with van der Waals surface area (Å²) in [4.78, 5) is 41.5. The van der Waals surface area contributed by atoms with Crippen LogP contribution in [0.1, 0.15) is 54.4 Å². The Labute approximate surface area is 348 Å². The van der Waals surface area contributed by atoms with E-state index in [1.165, 1.54) is 48.6 Å². The molecule has 3 aromatic rings. The molecule has 2 bridgehead atoms. The number of ketones is 2. The number of aliphatic hydroxyl groups excluding tert-OH is 2. The van der Waals surface area contributed by atoms with Gasteiger partial charge in [0.25, 0.3) is 0 Å². The number of nitrogens with one attached hydrogen (secondary N) is 1. The summed E-state index contributed by atoms with van der Waals surface area (Å²) in [5.74, 6) is -4.48. The second-order valence-corrected chi connectivity index (χ2v) is 15.8. The summed E-state index contributed by atoms with van der Waals surface area (Å²) >= 11 is 0. The van der Waals surface area contributed by atoms with E-state index < -0.39 is 83.6 Å². The number of aliphatic hydroxyl groups is 2. The highest BCUT2D eigenvalue weighted by molar-refractivity contribution is 6.00. The summed E-state index contributed by atoms with van der Waals surface area (Å²) in [6, 6.07) is 16.8. The molecule has 6 rings (SSSR count). The number of aromatic hydroxyl groups is 3. The van der Waals surface area contributed by atoms with Crippen molar-refractivity contribution in [2.45, 2.75) is 74.1 Å². The van der Waals surface area contributed by atoms with E-state index in [-0.39, 0.29) is 68.5 Å². The maximum Gasteiger partial charge on any atom is 0.336 e. The van der Waals surface area contributed by atoms with Crippen molar-refractivity contribution in [3.63, 3.8) is 0 Å². The minimum atomic E-state index is -2.14. The predicted octanol–water partition coefficient (Wildman–Crippen LogP) is 3.26. The van der Waals surface area contributed by atoms with E-state index in [2.05, 4.69) is 5.32 Å². The average molecular weight is 831 g/mol. The summed E-state index contributed by atoms with van der Waals surface area (Å²) in [6.07, 6.45) is 4.01. The predicted molar refractivity (Wildman–Crippen MR) is 219 cm³/mol. The van der Waals surface area contributed by atoms with E-state index >= 15 is 0 Å². The minimum absolute atomic E-state index is 0.0476. The number of phenolic OH excluding ortho intramolecular Hbond substituents is 3. The number of nitrogens with two attached hydrogens (primary N) is 1. The van der Waals surface area contributed by atoms with Crippen molar-refractivity contribution < 1.29 is 64.0 Å². The van der Waals surface area contributed by atoms with Gasteiger partial charge < -0.3 is 60.6 Å². The van der Waals surface area contributed by atoms with Gasteiger partial charge in [-0.15, -0.1) is 0 Å². The molecule has 322 valence electrons. The lowest BCUT2D eigenvalue weighted by molar-refractivity contribution is -0.332. The van der Waals surface area contributed by atoms with E-state index in [4.69, 9.17) is 24.7 Å². The van der Waals surface area contributed by atoms with Gasteiger partial charge in [-0.25, -0.2) is 4.79 Å². The molecule has 0 amide bonds. The highest BCUT2D eigenvalue weighted by Gasteiger charge is 2.71. The van der Waals surface area contributed by atoms with E-state index in [1.807, 2.05) is 30.3 Å². The zero-order valence-electron chi connectivity index (χ0n) is 33.5. The smallest absolute Gasteiger partial charge is 0.336 e. The van der Waals surface area contributed by atoms with Gasteiger partial charge in [0, 0.05) is 25.4 Å². The summed E-state index contributed by atoms with van der Waals surface area (Å²) < 4.78 is 25.2. The Balaban J connectivity index is 1.33. The van der Waals surface area contributed by atoms with E-state index in [0.717, 1.165) is 5.56 Å². The molecular formula is C45H54N2O13. The van der Waals surface area contributed by atoms with Gasteiger partial charge in [-0.2, -0.15) is 0 Å².